The molecule has 1 aliphatic rings. The lowest BCUT2D eigenvalue weighted by atomic mass is 9.98. The Kier molecular flexibility index (Phi) is 9.88. The number of anilines is 1. The lowest BCUT2D eigenvalue weighted by molar-refractivity contribution is -0.385. The third kappa shape index (κ3) is 7.92. The number of ether oxygens (including phenoxy) is 3. The molecule has 5 aromatic rings. The first-order valence-corrected chi connectivity index (χ1v) is 16.5. The summed E-state index contributed by atoms with van der Waals surface area (Å²) in [5, 5.41) is 14.8. The molecule has 0 radical (unpaired) electrons. The van der Waals surface area contributed by atoms with Crippen LogP contribution in [0.5, 0.6) is 5.75 Å². The van der Waals surface area contributed by atoms with Gasteiger partial charge in [-0.2, -0.15) is 0 Å². The molecule has 0 aromatic heterocycles. The molecule has 0 fully saturated rings. The Hall–Kier alpha value is -6.00. The topological polar surface area (TPSA) is 134 Å². The summed E-state index contributed by atoms with van der Waals surface area (Å²) in [7, 11) is 0. The fraction of sp³-hybridized carbons (Fsp3) is 0.175. The number of benzene rings is 5. The van der Waals surface area contributed by atoms with E-state index < -0.39 is 28.4 Å². The van der Waals surface area contributed by atoms with Crippen LogP contribution in [0.25, 0.3) is 11.1 Å². The predicted molar refractivity (Wildman–Crippen MR) is 193 cm³/mol. The zero-order valence-electron chi connectivity index (χ0n) is 28.0. The van der Waals surface area contributed by atoms with Gasteiger partial charge in [-0.05, 0) is 97.6 Å². The van der Waals surface area contributed by atoms with Crippen LogP contribution in [0.15, 0.2) is 109 Å². The zero-order valence-corrected chi connectivity index (χ0v) is 28.7. The average Bonchev–Trinajstić information content (AvgIpc) is 3.43. The van der Waals surface area contributed by atoms with Crippen molar-refractivity contribution in [2.24, 2.45) is 0 Å². The second kappa shape index (κ2) is 14.5. The molecule has 5 aromatic carbocycles. The number of carbonyl (C=O) groups is 3. The highest BCUT2D eigenvalue weighted by Crippen LogP contribution is 2.44. The lowest BCUT2D eigenvalue weighted by Crippen LogP contribution is -2.24. The molecule has 0 atom stereocenters. The van der Waals surface area contributed by atoms with E-state index in [2.05, 4.69) is 17.4 Å². The van der Waals surface area contributed by atoms with Crippen molar-refractivity contribution >= 4 is 40.8 Å². The Morgan fingerprint density at radius 3 is 2.08 bits per heavy atom. The third-order valence-electron chi connectivity index (χ3n) is 8.23. The number of hydrogen-bond acceptors (Lipinski definition) is 8. The fourth-order valence-corrected chi connectivity index (χ4v) is 6.07. The van der Waals surface area contributed by atoms with Crippen LogP contribution in [-0.4, -0.2) is 35.0 Å². The largest absolute Gasteiger partial charge is 0.489 e. The number of rotatable bonds is 10. The number of amides is 1. The molecule has 51 heavy (non-hydrogen) atoms. The summed E-state index contributed by atoms with van der Waals surface area (Å²) in [6, 6.07) is 30.8. The minimum Gasteiger partial charge on any atom is -0.489 e. The molecule has 1 amide bonds. The number of nitro benzene ring substituents is 1. The van der Waals surface area contributed by atoms with Gasteiger partial charge in [0.05, 0.1) is 21.7 Å². The summed E-state index contributed by atoms with van der Waals surface area (Å²) in [5.41, 5.74) is 4.30. The number of nitrogens with one attached hydrogen (secondary N) is 1. The molecule has 0 saturated carbocycles. The smallest absolute Gasteiger partial charge is 0.411 e. The Bertz CT molecular complexity index is 2110. The summed E-state index contributed by atoms with van der Waals surface area (Å²) in [4.78, 5) is 50.3. The molecule has 0 spiro atoms. The van der Waals surface area contributed by atoms with Crippen molar-refractivity contribution in [1.29, 1.82) is 0 Å². The first-order chi connectivity index (χ1) is 24.4. The number of carbonyl (C=O) groups excluding carboxylic acids is 3. The number of halogens is 1. The second-order valence-corrected chi connectivity index (χ2v) is 13.3. The number of hydrogen-bond donors (Lipinski definition) is 1. The minimum absolute atomic E-state index is 0.0525. The molecular formula is C40H33ClN2O8. The fourth-order valence-electron chi connectivity index (χ4n) is 5.90. The standard InChI is InChI=1S/C40H33ClN2O8/c1-40(2,3)51-38(45)25-12-13-26(36(20-25)43(47)48)22-49-28-17-14-24(15-18-28)37(44)33-21-27(41)16-19-35(33)42-39(46)50-23-34-31-10-6-4-8-29(31)30-9-5-7-11-32(30)34/h4-21,34H,22-23H2,1-3H3,(H,42,46). The van der Waals surface area contributed by atoms with Gasteiger partial charge < -0.3 is 14.2 Å². The highest BCUT2D eigenvalue weighted by atomic mass is 35.5. The number of nitrogens with zero attached hydrogens (tertiary/aromatic N) is 1. The first-order valence-electron chi connectivity index (χ1n) is 16.1. The monoisotopic (exact) mass is 704 g/mol. The summed E-state index contributed by atoms with van der Waals surface area (Å²) < 4.78 is 16.8. The Balaban J connectivity index is 1.11. The van der Waals surface area contributed by atoms with Crippen molar-refractivity contribution in [3.05, 3.63) is 158 Å². The van der Waals surface area contributed by atoms with E-state index in [4.69, 9.17) is 25.8 Å². The SMILES string of the molecule is CC(C)(C)OC(=O)c1ccc(COc2ccc(C(=O)c3cc(Cl)ccc3NC(=O)OCC3c4ccccc4-c4ccccc43)cc2)c([N+](=O)[O-])c1. The lowest BCUT2D eigenvalue weighted by Gasteiger charge is -2.19. The molecule has 0 heterocycles. The van der Waals surface area contributed by atoms with E-state index in [0.717, 1.165) is 28.3 Å². The summed E-state index contributed by atoms with van der Waals surface area (Å²) in [5.74, 6) is -0.862. The molecule has 258 valence electrons. The molecule has 0 aliphatic heterocycles. The first kappa shape index (κ1) is 34.8. The van der Waals surface area contributed by atoms with Crippen LogP contribution in [0.3, 0.4) is 0 Å². The van der Waals surface area contributed by atoms with Crippen LogP contribution in [0.4, 0.5) is 16.2 Å². The van der Waals surface area contributed by atoms with E-state index >= 15 is 0 Å². The van der Waals surface area contributed by atoms with Crippen molar-refractivity contribution in [3.63, 3.8) is 0 Å². The number of ketones is 1. The van der Waals surface area contributed by atoms with Gasteiger partial charge in [0.15, 0.2) is 5.78 Å². The van der Waals surface area contributed by atoms with Crippen LogP contribution in [-0.2, 0) is 16.1 Å². The third-order valence-corrected chi connectivity index (χ3v) is 8.47. The van der Waals surface area contributed by atoms with Crippen LogP contribution in [0, 0.1) is 10.1 Å². The molecule has 1 aliphatic carbocycles. The normalized spacial score (nSPS) is 12.0. The van der Waals surface area contributed by atoms with Crippen molar-refractivity contribution in [3.8, 4) is 16.9 Å². The van der Waals surface area contributed by atoms with Gasteiger partial charge in [-0.25, -0.2) is 9.59 Å². The van der Waals surface area contributed by atoms with E-state index in [1.807, 2.05) is 36.4 Å². The van der Waals surface area contributed by atoms with E-state index in [-0.39, 0.29) is 52.8 Å². The molecule has 0 saturated heterocycles. The Labute approximate surface area is 299 Å². The number of fused-ring (bicyclic) bond motifs is 3. The molecule has 11 heteroatoms. The number of nitro groups is 1. The summed E-state index contributed by atoms with van der Waals surface area (Å²) >= 11 is 6.25. The summed E-state index contributed by atoms with van der Waals surface area (Å²) in [6.45, 7) is 5.06. The number of esters is 1. The highest BCUT2D eigenvalue weighted by Gasteiger charge is 2.29. The minimum atomic E-state index is -0.755. The average molecular weight is 705 g/mol. The van der Waals surface area contributed by atoms with Gasteiger partial charge in [0.25, 0.3) is 5.69 Å². The highest BCUT2D eigenvalue weighted by molar-refractivity contribution is 6.31. The van der Waals surface area contributed by atoms with Crippen LogP contribution in [0.1, 0.15) is 69.7 Å². The van der Waals surface area contributed by atoms with Crippen molar-refractivity contribution in [1.82, 2.24) is 0 Å². The van der Waals surface area contributed by atoms with Crippen LogP contribution in [0.2, 0.25) is 5.02 Å². The molecule has 10 nitrogen and oxygen atoms in total. The van der Waals surface area contributed by atoms with Crippen LogP contribution < -0.4 is 10.1 Å². The van der Waals surface area contributed by atoms with Gasteiger partial charge in [0.1, 0.15) is 24.6 Å². The van der Waals surface area contributed by atoms with Gasteiger partial charge in [0, 0.05) is 28.1 Å². The van der Waals surface area contributed by atoms with Crippen molar-refractivity contribution < 1.29 is 33.5 Å². The molecule has 0 bridgehead atoms. The van der Waals surface area contributed by atoms with Crippen molar-refractivity contribution in [2.75, 3.05) is 11.9 Å². The molecule has 0 unspecified atom stereocenters. The second-order valence-electron chi connectivity index (χ2n) is 12.9. The van der Waals surface area contributed by atoms with E-state index in [0.29, 0.717) is 10.8 Å². The molecular weight excluding hydrogens is 672 g/mol. The Morgan fingerprint density at radius 1 is 0.824 bits per heavy atom. The Morgan fingerprint density at radius 2 is 1.45 bits per heavy atom. The van der Waals surface area contributed by atoms with E-state index in [1.165, 1.54) is 36.4 Å². The van der Waals surface area contributed by atoms with Gasteiger partial charge in [0.2, 0.25) is 0 Å². The maximum Gasteiger partial charge on any atom is 0.411 e. The predicted octanol–water partition coefficient (Wildman–Crippen LogP) is 9.37. The van der Waals surface area contributed by atoms with Gasteiger partial charge in [-0.1, -0.05) is 60.1 Å². The molecule has 6 rings (SSSR count). The van der Waals surface area contributed by atoms with Gasteiger partial charge >= 0.3 is 12.1 Å². The van der Waals surface area contributed by atoms with Gasteiger partial charge in [-0.3, -0.25) is 20.2 Å². The van der Waals surface area contributed by atoms with E-state index in [9.17, 15) is 24.5 Å². The zero-order chi connectivity index (χ0) is 36.3. The summed E-state index contributed by atoms with van der Waals surface area (Å²) in [6.07, 6.45) is -0.717. The van der Waals surface area contributed by atoms with Gasteiger partial charge in [-0.15, -0.1) is 0 Å². The van der Waals surface area contributed by atoms with Crippen LogP contribution >= 0.6 is 11.6 Å². The quantitative estimate of drug-likeness (QED) is 0.0658. The van der Waals surface area contributed by atoms with E-state index in [1.54, 1.807) is 39.0 Å². The van der Waals surface area contributed by atoms with Crippen molar-refractivity contribution in [2.45, 2.75) is 38.9 Å². The molecule has 1 N–H and O–H groups in total. The maximum atomic E-state index is 13.6. The maximum absolute atomic E-state index is 13.6.